The Kier molecular flexibility index (Phi) is 6.26. The van der Waals surface area contributed by atoms with E-state index in [1.165, 1.54) is 11.1 Å². The quantitative estimate of drug-likeness (QED) is 0.245. The van der Waals surface area contributed by atoms with Crippen LogP contribution in [0.25, 0.3) is 22.8 Å². The van der Waals surface area contributed by atoms with Crippen molar-refractivity contribution in [2.24, 2.45) is 0 Å². The largest absolute Gasteiger partial charge is 0.466 e. The highest BCUT2D eigenvalue weighted by molar-refractivity contribution is 5.79. The average molecular weight is 505 g/mol. The van der Waals surface area contributed by atoms with E-state index in [0.717, 1.165) is 59.6 Å². The molecule has 0 aliphatic heterocycles. The molecule has 0 fully saturated rings. The highest BCUT2D eigenvalue weighted by Crippen LogP contribution is 2.60. The number of pyridine rings is 4. The number of nitrogens with zero attached hydrogens (tertiary/aromatic N) is 4. The SMILES string of the molecule is CCCCC1(CC2(CCC(=O)OCC)c3cccnc3-c3ncccc32)c2cccnc2-c2ncccc21. The Hall–Kier alpha value is -3.93. The van der Waals surface area contributed by atoms with Crippen molar-refractivity contribution in [2.75, 3.05) is 6.61 Å². The molecule has 4 aromatic rings. The fraction of sp³-hybridized carbons (Fsp3) is 0.344. The van der Waals surface area contributed by atoms with Gasteiger partial charge in [-0.2, -0.15) is 0 Å². The molecule has 192 valence electrons. The minimum Gasteiger partial charge on any atom is -0.466 e. The maximum absolute atomic E-state index is 12.8. The van der Waals surface area contributed by atoms with E-state index in [2.05, 4.69) is 31.2 Å². The van der Waals surface area contributed by atoms with Crippen molar-refractivity contribution < 1.29 is 9.53 Å². The molecule has 0 radical (unpaired) electrons. The smallest absolute Gasteiger partial charge is 0.305 e. The summed E-state index contributed by atoms with van der Waals surface area (Å²) in [7, 11) is 0. The third-order valence-corrected chi connectivity index (χ3v) is 8.36. The van der Waals surface area contributed by atoms with Gasteiger partial charge in [0.2, 0.25) is 0 Å². The van der Waals surface area contributed by atoms with Gasteiger partial charge < -0.3 is 4.74 Å². The van der Waals surface area contributed by atoms with Crippen LogP contribution >= 0.6 is 0 Å². The van der Waals surface area contributed by atoms with Crippen molar-refractivity contribution in [3.63, 3.8) is 0 Å². The summed E-state index contributed by atoms with van der Waals surface area (Å²) < 4.78 is 5.40. The lowest BCUT2D eigenvalue weighted by atomic mass is 9.60. The number of hydrogen-bond donors (Lipinski definition) is 0. The number of carbonyl (C=O) groups is 1. The number of carbonyl (C=O) groups excluding carboxylic acids is 1. The van der Waals surface area contributed by atoms with Gasteiger partial charge in [0.1, 0.15) is 0 Å². The van der Waals surface area contributed by atoms with Crippen LogP contribution in [0.1, 0.15) is 74.6 Å². The summed E-state index contributed by atoms with van der Waals surface area (Å²) in [5.74, 6) is -0.173. The van der Waals surface area contributed by atoms with Crippen molar-refractivity contribution in [3.05, 3.63) is 95.6 Å². The van der Waals surface area contributed by atoms with Crippen LogP contribution in [0.2, 0.25) is 0 Å². The summed E-state index contributed by atoms with van der Waals surface area (Å²) in [5, 5.41) is 0. The highest BCUT2D eigenvalue weighted by atomic mass is 16.5. The Morgan fingerprint density at radius 2 is 1.11 bits per heavy atom. The molecule has 2 aliphatic rings. The third-order valence-electron chi connectivity index (χ3n) is 8.36. The lowest BCUT2D eigenvalue weighted by Crippen LogP contribution is -2.38. The zero-order chi connectivity index (χ0) is 26.2. The van der Waals surface area contributed by atoms with Crippen LogP contribution in [-0.2, 0) is 20.4 Å². The highest BCUT2D eigenvalue weighted by Gasteiger charge is 2.54. The van der Waals surface area contributed by atoms with Gasteiger partial charge in [-0.3, -0.25) is 24.7 Å². The van der Waals surface area contributed by atoms with E-state index in [9.17, 15) is 4.79 Å². The second-order valence-corrected chi connectivity index (χ2v) is 10.3. The second kappa shape index (κ2) is 9.75. The number of hydrogen-bond acceptors (Lipinski definition) is 6. The van der Waals surface area contributed by atoms with Gasteiger partial charge in [-0.25, -0.2) is 0 Å². The molecule has 6 heteroatoms. The zero-order valence-electron chi connectivity index (χ0n) is 22.0. The number of fused-ring (bicyclic) bond motifs is 6. The molecule has 0 bridgehead atoms. The molecule has 0 atom stereocenters. The topological polar surface area (TPSA) is 77.9 Å². The van der Waals surface area contributed by atoms with E-state index in [1.54, 1.807) is 0 Å². The Labute approximate surface area is 223 Å². The van der Waals surface area contributed by atoms with Gasteiger partial charge in [-0.15, -0.1) is 0 Å². The minimum atomic E-state index is -0.474. The number of rotatable bonds is 9. The molecule has 0 saturated heterocycles. The first-order chi connectivity index (χ1) is 18.6. The molecule has 0 saturated carbocycles. The van der Waals surface area contributed by atoms with Gasteiger partial charge >= 0.3 is 5.97 Å². The van der Waals surface area contributed by atoms with Crippen LogP contribution in [0, 0.1) is 0 Å². The first-order valence-corrected chi connectivity index (χ1v) is 13.6. The normalized spacial score (nSPS) is 15.3. The fourth-order valence-corrected chi connectivity index (χ4v) is 6.85. The maximum atomic E-state index is 12.8. The van der Waals surface area contributed by atoms with Crippen LogP contribution in [0.4, 0.5) is 0 Å². The molecule has 6 nitrogen and oxygen atoms in total. The van der Waals surface area contributed by atoms with E-state index < -0.39 is 5.41 Å². The van der Waals surface area contributed by atoms with E-state index >= 15 is 0 Å². The summed E-state index contributed by atoms with van der Waals surface area (Å²) in [6.45, 7) is 4.47. The predicted octanol–water partition coefficient (Wildman–Crippen LogP) is 6.42. The maximum Gasteiger partial charge on any atom is 0.305 e. The standard InChI is InChI=1S/C32H32N4O2/c1-3-5-15-31(22-10-6-17-33-27(22)28-23(31)11-7-18-34-28)21-32(16-14-26(37)38-4-2)24-12-8-19-35-29(24)30-25(32)13-9-20-36-30/h6-13,17-20H,3-5,14-16,21H2,1-2H3. The number of ether oxygens (including phenoxy) is 1. The Bertz CT molecular complexity index is 1410. The Morgan fingerprint density at radius 3 is 1.50 bits per heavy atom. The van der Waals surface area contributed by atoms with Crippen molar-refractivity contribution in [3.8, 4) is 22.8 Å². The summed E-state index contributed by atoms with van der Waals surface area (Å²) in [4.78, 5) is 32.0. The number of aromatic nitrogens is 4. The molecule has 4 aromatic heterocycles. The zero-order valence-corrected chi connectivity index (χ0v) is 22.0. The number of esters is 1. The second-order valence-electron chi connectivity index (χ2n) is 10.3. The Morgan fingerprint density at radius 1 is 0.684 bits per heavy atom. The molecule has 4 heterocycles. The van der Waals surface area contributed by atoms with E-state index in [-0.39, 0.29) is 11.4 Å². The van der Waals surface area contributed by atoms with Crippen molar-refractivity contribution in [2.45, 2.75) is 63.2 Å². The van der Waals surface area contributed by atoms with Crippen LogP contribution in [0.5, 0.6) is 0 Å². The van der Waals surface area contributed by atoms with Crippen LogP contribution in [0.15, 0.2) is 73.3 Å². The van der Waals surface area contributed by atoms with Gasteiger partial charge in [-0.1, -0.05) is 44.0 Å². The van der Waals surface area contributed by atoms with E-state index in [4.69, 9.17) is 24.7 Å². The first-order valence-electron chi connectivity index (χ1n) is 13.6. The lowest BCUT2D eigenvalue weighted by Gasteiger charge is -2.42. The monoisotopic (exact) mass is 504 g/mol. The first kappa shape index (κ1) is 24.4. The van der Waals surface area contributed by atoms with Gasteiger partial charge in [-0.05, 0) is 72.7 Å². The lowest BCUT2D eigenvalue weighted by molar-refractivity contribution is -0.143. The molecule has 0 amide bonds. The van der Waals surface area contributed by atoms with Gasteiger partial charge in [0.15, 0.2) is 0 Å². The van der Waals surface area contributed by atoms with Crippen molar-refractivity contribution in [1.82, 2.24) is 19.9 Å². The molecular formula is C32H32N4O2. The summed E-state index contributed by atoms with van der Waals surface area (Å²) >= 11 is 0. The van der Waals surface area contributed by atoms with Gasteiger partial charge in [0, 0.05) is 42.0 Å². The molecule has 0 aromatic carbocycles. The molecule has 2 aliphatic carbocycles. The Balaban J connectivity index is 1.60. The molecule has 0 N–H and O–H groups in total. The molecule has 6 rings (SSSR count). The molecule has 0 spiro atoms. The summed E-state index contributed by atoms with van der Waals surface area (Å²) in [5.41, 5.74) is 7.68. The molecular weight excluding hydrogens is 472 g/mol. The van der Waals surface area contributed by atoms with Gasteiger partial charge in [0.25, 0.3) is 0 Å². The predicted molar refractivity (Wildman–Crippen MR) is 147 cm³/mol. The molecule has 0 unspecified atom stereocenters. The van der Waals surface area contributed by atoms with Crippen LogP contribution in [0.3, 0.4) is 0 Å². The minimum absolute atomic E-state index is 0.173. The summed E-state index contributed by atoms with van der Waals surface area (Å²) in [6, 6.07) is 16.9. The van der Waals surface area contributed by atoms with E-state index in [1.807, 2.05) is 56.0 Å². The van der Waals surface area contributed by atoms with Crippen molar-refractivity contribution in [1.29, 1.82) is 0 Å². The third kappa shape index (κ3) is 3.65. The van der Waals surface area contributed by atoms with Crippen LogP contribution < -0.4 is 0 Å². The van der Waals surface area contributed by atoms with E-state index in [0.29, 0.717) is 19.4 Å². The summed E-state index contributed by atoms with van der Waals surface area (Å²) in [6.07, 6.45) is 12.2. The van der Waals surface area contributed by atoms with Gasteiger partial charge in [0.05, 0.1) is 29.4 Å². The average Bonchev–Trinajstić information content (AvgIpc) is 3.40. The fourth-order valence-electron chi connectivity index (χ4n) is 6.85. The van der Waals surface area contributed by atoms with Crippen LogP contribution in [-0.4, -0.2) is 32.5 Å². The van der Waals surface area contributed by atoms with Crippen molar-refractivity contribution >= 4 is 5.97 Å². The number of unbranched alkanes of at least 4 members (excludes halogenated alkanes) is 1. The molecule has 38 heavy (non-hydrogen) atoms.